The Labute approximate surface area is 102 Å². The third kappa shape index (κ3) is 2.92. The summed E-state index contributed by atoms with van der Waals surface area (Å²) in [5, 5.41) is 9.45. The van der Waals surface area contributed by atoms with E-state index in [9.17, 15) is 5.11 Å². The van der Waals surface area contributed by atoms with Gasteiger partial charge in [0.1, 0.15) is 0 Å². The Kier molecular flexibility index (Phi) is 4.13. The van der Waals surface area contributed by atoms with Crippen molar-refractivity contribution in [2.75, 3.05) is 29.5 Å². The Morgan fingerprint density at radius 3 is 2.62 bits per heavy atom. The second-order valence-electron chi connectivity index (χ2n) is 4.22. The predicted molar refractivity (Wildman–Crippen MR) is 71.2 cm³/mol. The van der Waals surface area contributed by atoms with Crippen molar-refractivity contribution < 1.29 is 5.11 Å². The Bertz CT molecular complexity index is 315. The van der Waals surface area contributed by atoms with E-state index in [2.05, 4.69) is 17.0 Å². The highest BCUT2D eigenvalue weighted by molar-refractivity contribution is 7.99. The average molecular weight is 237 g/mol. The molecule has 3 heteroatoms. The summed E-state index contributed by atoms with van der Waals surface area (Å²) in [6, 6.07) is 8.30. The topological polar surface area (TPSA) is 23.5 Å². The Morgan fingerprint density at radius 1 is 1.19 bits per heavy atom. The molecule has 0 aromatic heterocycles. The van der Waals surface area contributed by atoms with Crippen molar-refractivity contribution in [3.63, 3.8) is 0 Å². The number of rotatable bonds is 2. The van der Waals surface area contributed by atoms with Crippen LogP contribution in [0.1, 0.15) is 25.0 Å². The maximum absolute atomic E-state index is 9.45. The van der Waals surface area contributed by atoms with E-state index in [0.29, 0.717) is 0 Å². The molecule has 0 aliphatic carbocycles. The summed E-state index contributed by atoms with van der Waals surface area (Å²) in [4.78, 5) is 2.44. The summed E-state index contributed by atoms with van der Waals surface area (Å²) in [5.74, 6) is 2.50. The molecule has 0 amide bonds. The van der Waals surface area contributed by atoms with Gasteiger partial charge in [-0.2, -0.15) is 11.8 Å². The van der Waals surface area contributed by atoms with Crippen molar-refractivity contribution in [1.29, 1.82) is 0 Å². The van der Waals surface area contributed by atoms with Gasteiger partial charge in [-0.1, -0.05) is 12.1 Å². The van der Waals surface area contributed by atoms with Crippen LogP contribution in [0.3, 0.4) is 0 Å². The minimum atomic E-state index is -0.367. The van der Waals surface area contributed by atoms with Gasteiger partial charge >= 0.3 is 0 Å². The zero-order chi connectivity index (χ0) is 11.4. The number of aliphatic hydroxyl groups excluding tert-OH is 1. The fourth-order valence-corrected chi connectivity index (χ4v) is 2.85. The van der Waals surface area contributed by atoms with Gasteiger partial charge in [0.2, 0.25) is 0 Å². The Balaban J connectivity index is 2.07. The van der Waals surface area contributed by atoms with Crippen molar-refractivity contribution >= 4 is 17.4 Å². The maximum Gasteiger partial charge on any atom is 0.0761 e. The van der Waals surface area contributed by atoms with Crippen molar-refractivity contribution in [3.05, 3.63) is 29.8 Å². The van der Waals surface area contributed by atoms with Crippen LogP contribution in [0.4, 0.5) is 5.69 Å². The largest absolute Gasteiger partial charge is 0.389 e. The molecular weight excluding hydrogens is 218 g/mol. The van der Waals surface area contributed by atoms with Gasteiger partial charge in [0.05, 0.1) is 6.10 Å². The highest BCUT2D eigenvalue weighted by Gasteiger charge is 2.10. The van der Waals surface area contributed by atoms with E-state index in [1.165, 1.54) is 23.6 Å². The maximum atomic E-state index is 9.45. The molecule has 1 aliphatic rings. The molecule has 1 N–H and O–H groups in total. The van der Waals surface area contributed by atoms with Gasteiger partial charge in [0, 0.05) is 24.5 Å². The van der Waals surface area contributed by atoms with E-state index < -0.39 is 0 Å². The molecule has 1 aliphatic heterocycles. The number of anilines is 1. The van der Waals surface area contributed by atoms with Crippen LogP contribution in [0.25, 0.3) is 0 Å². The highest BCUT2D eigenvalue weighted by atomic mass is 32.2. The molecule has 1 aromatic rings. The summed E-state index contributed by atoms with van der Waals surface area (Å²) >= 11 is 2.04. The third-order valence-electron chi connectivity index (χ3n) is 2.96. The van der Waals surface area contributed by atoms with Crippen LogP contribution in [-0.2, 0) is 0 Å². The van der Waals surface area contributed by atoms with Gasteiger partial charge in [-0.25, -0.2) is 0 Å². The summed E-state index contributed by atoms with van der Waals surface area (Å²) in [6.45, 7) is 4.09. The summed E-state index contributed by atoms with van der Waals surface area (Å²) < 4.78 is 0. The number of aliphatic hydroxyl groups is 1. The van der Waals surface area contributed by atoms with Crippen molar-refractivity contribution in [2.45, 2.75) is 19.4 Å². The molecule has 1 heterocycles. The molecule has 16 heavy (non-hydrogen) atoms. The van der Waals surface area contributed by atoms with Gasteiger partial charge in [-0.3, -0.25) is 0 Å². The molecule has 1 fully saturated rings. The zero-order valence-corrected chi connectivity index (χ0v) is 10.5. The molecule has 2 rings (SSSR count). The molecule has 1 atom stereocenters. The summed E-state index contributed by atoms with van der Waals surface area (Å²) in [5.41, 5.74) is 2.28. The first kappa shape index (κ1) is 11.8. The molecule has 2 nitrogen and oxygen atoms in total. The normalized spacial score (nSPS) is 19.2. The first-order valence-corrected chi connectivity index (χ1v) is 7.03. The number of benzene rings is 1. The van der Waals surface area contributed by atoms with E-state index in [1.807, 2.05) is 23.9 Å². The highest BCUT2D eigenvalue weighted by Crippen LogP contribution is 2.21. The molecular formula is C13H19NOS. The van der Waals surface area contributed by atoms with Crippen LogP contribution in [0.5, 0.6) is 0 Å². The number of hydrogen-bond donors (Lipinski definition) is 1. The lowest BCUT2D eigenvalue weighted by molar-refractivity contribution is 0.199. The number of nitrogens with zero attached hydrogens (tertiary/aromatic N) is 1. The van der Waals surface area contributed by atoms with E-state index in [0.717, 1.165) is 18.7 Å². The molecule has 0 radical (unpaired) electrons. The molecule has 88 valence electrons. The van der Waals surface area contributed by atoms with Gasteiger partial charge in [-0.05, 0) is 36.8 Å². The predicted octanol–water partition coefficient (Wildman–Crippen LogP) is 2.68. The molecule has 1 saturated heterocycles. The van der Waals surface area contributed by atoms with Crippen LogP contribution in [-0.4, -0.2) is 29.7 Å². The second-order valence-corrected chi connectivity index (χ2v) is 5.45. The van der Waals surface area contributed by atoms with Crippen molar-refractivity contribution in [1.82, 2.24) is 0 Å². The van der Waals surface area contributed by atoms with Crippen LogP contribution < -0.4 is 4.90 Å². The minimum absolute atomic E-state index is 0.367. The van der Waals surface area contributed by atoms with Gasteiger partial charge in [-0.15, -0.1) is 0 Å². The van der Waals surface area contributed by atoms with Gasteiger partial charge in [0.15, 0.2) is 0 Å². The van der Waals surface area contributed by atoms with E-state index in [4.69, 9.17) is 0 Å². The molecule has 0 unspecified atom stereocenters. The lowest BCUT2D eigenvalue weighted by atomic mass is 10.1. The lowest BCUT2D eigenvalue weighted by Crippen LogP contribution is -2.25. The fraction of sp³-hybridized carbons (Fsp3) is 0.538. The average Bonchev–Trinajstić information content (AvgIpc) is 2.57. The standard InChI is InChI=1S/C13H19NOS/c1-11(15)12-3-5-13(6-4-12)14-7-2-9-16-10-8-14/h3-6,11,15H,2,7-10H2,1H3/t11-/m0/s1. The van der Waals surface area contributed by atoms with E-state index in [-0.39, 0.29) is 6.10 Å². The monoisotopic (exact) mass is 237 g/mol. The van der Waals surface area contributed by atoms with Crippen molar-refractivity contribution in [3.8, 4) is 0 Å². The van der Waals surface area contributed by atoms with E-state index in [1.54, 1.807) is 6.92 Å². The number of hydrogen-bond acceptors (Lipinski definition) is 3. The van der Waals surface area contributed by atoms with Crippen LogP contribution in [0.2, 0.25) is 0 Å². The molecule has 0 spiro atoms. The third-order valence-corrected chi connectivity index (χ3v) is 4.01. The first-order valence-electron chi connectivity index (χ1n) is 5.88. The zero-order valence-electron chi connectivity index (χ0n) is 9.72. The van der Waals surface area contributed by atoms with E-state index >= 15 is 0 Å². The van der Waals surface area contributed by atoms with Gasteiger partial charge < -0.3 is 10.0 Å². The molecule has 0 bridgehead atoms. The second kappa shape index (κ2) is 5.60. The summed E-state index contributed by atoms with van der Waals surface area (Å²) in [7, 11) is 0. The fourth-order valence-electron chi connectivity index (χ4n) is 1.97. The lowest BCUT2D eigenvalue weighted by Gasteiger charge is -2.22. The van der Waals surface area contributed by atoms with Gasteiger partial charge in [0.25, 0.3) is 0 Å². The molecule has 1 aromatic carbocycles. The Morgan fingerprint density at radius 2 is 1.94 bits per heavy atom. The quantitative estimate of drug-likeness (QED) is 0.855. The number of thioether (sulfide) groups is 1. The smallest absolute Gasteiger partial charge is 0.0761 e. The van der Waals surface area contributed by atoms with Crippen molar-refractivity contribution in [2.24, 2.45) is 0 Å². The summed E-state index contributed by atoms with van der Waals surface area (Å²) in [6.07, 6.45) is 0.900. The SMILES string of the molecule is C[C@H](O)c1ccc(N2CCCSCC2)cc1. The first-order chi connectivity index (χ1) is 7.77. The van der Waals surface area contributed by atoms with Crippen LogP contribution >= 0.6 is 11.8 Å². The molecule has 0 saturated carbocycles. The Hall–Kier alpha value is -0.670. The van der Waals surface area contributed by atoms with Crippen LogP contribution in [0.15, 0.2) is 24.3 Å². The minimum Gasteiger partial charge on any atom is -0.389 e. The van der Waals surface area contributed by atoms with Crippen LogP contribution in [0, 0.1) is 0 Å².